The van der Waals surface area contributed by atoms with E-state index in [0.717, 1.165) is 28.7 Å². The number of benzene rings is 1. The molecule has 21 heavy (non-hydrogen) atoms. The number of aryl methyl sites for hydroxylation is 1. The van der Waals surface area contributed by atoms with Gasteiger partial charge in [0, 0.05) is 30.3 Å². The summed E-state index contributed by atoms with van der Waals surface area (Å²) in [6, 6.07) is 9.70. The normalized spacial score (nSPS) is 10.4. The van der Waals surface area contributed by atoms with Crippen LogP contribution in [0.5, 0.6) is 0 Å². The molecule has 2 heterocycles. The van der Waals surface area contributed by atoms with Gasteiger partial charge in [0.15, 0.2) is 0 Å². The Hall–Kier alpha value is -2.59. The van der Waals surface area contributed by atoms with Crippen molar-refractivity contribution in [2.75, 3.05) is 5.75 Å². The summed E-state index contributed by atoms with van der Waals surface area (Å²) in [4.78, 5) is 4.38. The van der Waals surface area contributed by atoms with E-state index >= 15 is 0 Å². The topological polar surface area (TPSA) is 83.2 Å². The zero-order valence-electron chi connectivity index (χ0n) is 11.1. The first kappa shape index (κ1) is 13.4. The van der Waals surface area contributed by atoms with Gasteiger partial charge < -0.3 is 4.57 Å². The second kappa shape index (κ2) is 6.24. The summed E-state index contributed by atoms with van der Waals surface area (Å²) in [5.74, 6) is 1.66. The summed E-state index contributed by atoms with van der Waals surface area (Å²) >= 11 is 1.62. The largest absolute Gasteiger partial charge is 0.330 e. The van der Waals surface area contributed by atoms with Crippen molar-refractivity contribution in [3.05, 3.63) is 48.4 Å². The van der Waals surface area contributed by atoms with Gasteiger partial charge in [0.05, 0.1) is 17.8 Å². The minimum Gasteiger partial charge on any atom is -0.330 e. The molecular weight excluding hydrogens is 284 g/mol. The number of H-pyrrole nitrogens is 1. The van der Waals surface area contributed by atoms with Crippen LogP contribution in [0, 0.1) is 11.3 Å². The molecule has 0 spiro atoms. The summed E-state index contributed by atoms with van der Waals surface area (Å²) in [5, 5.41) is 20.4. The van der Waals surface area contributed by atoms with Crippen LogP contribution in [0.25, 0.3) is 11.4 Å². The maximum atomic E-state index is 9.20. The van der Waals surface area contributed by atoms with E-state index in [1.54, 1.807) is 30.2 Å². The number of nitriles is 1. The number of aromatic amines is 1. The van der Waals surface area contributed by atoms with Crippen LogP contribution >= 0.6 is 11.8 Å². The molecule has 0 unspecified atom stereocenters. The van der Waals surface area contributed by atoms with Gasteiger partial charge in [0.25, 0.3) is 0 Å². The Kier molecular flexibility index (Phi) is 3.98. The predicted octanol–water partition coefficient (Wildman–Crippen LogP) is 2.33. The van der Waals surface area contributed by atoms with Crippen molar-refractivity contribution in [3.63, 3.8) is 0 Å². The molecule has 3 aromatic rings. The average Bonchev–Trinajstić information content (AvgIpc) is 3.19. The first-order chi connectivity index (χ1) is 10.4. The molecule has 0 atom stereocenters. The van der Waals surface area contributed by atoms with Crippen molar-refractivity contribution < 1.29 is 0 Å². The molecule has 0 bridgehead atoms. The number of thioether (sulfide) groups is 1. The standard InChI is InChI=1S/C14H12N6S/c15-9-11-3-1-2-4-12(11)14-16-5-6-20(14)7-8-21-13-10-17-19-18-13/h1-6,10H,7-8H2,(H,17,18,19). The van der Waals surface area contributed by atoms with Gasteiger partial charge in [0.2, 0.25) is 0 Å². The number of hydrogen-bond donors (Lipinski definition) is 1. The number of aromatic nitrogens is 5. The summed E-state index contributed by atoms with van der Waals surface area (Å²) < 4.78 is 2.04. The van der Waals surface area contributed by atoms with Crippen LogP contribution in [-0.2, 0) is 6.54 Å². The van der Waals surface area contributed by atoms with Gasteiger partial charge in [-0.1, -0.05) is 12.1 Å². The Balaban J connectivity index is 1.76. The predicted molar refractivity (Wildman–Crippen MR) is 79.5 cm³/mol. The van der Waals surface area contributed by atoms with Gasteiger partial charge in [-0.25, -0.2) is 4.98 Å². The van der Waals surface area contributed by atoms with E-state index in [1.165, 1.54) is 0 Å². The first-order valence-corrected chi connectivity index (χ1v) is 7.36. The fourth-order valence-corrected chi connectivity index (χ4v) is 2.75. The van der Waals surface area contributed by atoms with Gasteiger partial charge in [0.1, 0.15) is 10.9 Å². The third-order valence-corrected chi connectivity index (χ3v) is 3.86. The van der Waals surface area contributed by atoms with E-state index in [2.05, 4.69) is 26.5 Å². The molecular formula is C14H12N6S. The highest BCUT2D eigenvalue weighted by Gasteiger charge is 2.10. The average molecular weight is 296 g/mol. The monoisotopic (exact) mass is 296 g/mol. The SMILES string of the molecule is N#Cc1ccccc1-c1nccn1CCSc1cn[nH]n1. The molecule has 104 valence electrons. The Morgan fingerprint density at radius 3 is 3.05 bits per heavy atom. The van der Waals surface area contributed by atoms with Gasteiger partial charge in [-0.05, 0) is 12.1 Å². The lowest BCUT2D eigenvalue weighted by Crippen LogP contribution is -2.02. The van der Waals surface area contributed by atoms with Crippen molar-refractivity contribution in [1.82, 2.24) is 25.0 Å². The summed E-state index contributed by atoms with van der Waals surface area (Å²) in [7, 11) is 0. The Labute approximate surface area is 125 Å². The molecule has 0 saturated heterocycles. The van der Waals surface area contributed by atoms with Crippen LogP contribution in [0.3, 0.4) is 0 Å². The zero-order valence-corrected chi connectivity index (χ0v) is 11.9. The highest BCUT2D eigenvalue weighted by molar-refractivity contribution is 7.99. The Morgan fingerprint density at radius 1 is 1.33 bits per heavy atom. The summed E-state index contributed by atoms with van der Waals surface area (Å²) in [6.45, 7) is 0.784. The number of nitrogens with one attached hydrogen (secondary N) is 1. The van der Waals surface area contributed by atoms with Crippen LogP contribution in [0.1, 0.15) is 5.56 Å². The van der Waals surface area contributed by atoms with Crippen molar-refractivity contribution >= 4 is 11.8 Å². The molecule has 0 aliphatic rings. The third kappa shape index (κ3) is 2.95. The number of hydrogen-bond acceptors (Lipinski definition) is 5. The van der Waals surface area contributed by atoms with E-state index in [-0.39, 0.29) is 0 Å². The molecule has 6 nitrogen and oxygen atoms in total. The fraction of sp³-hybridized carbons (Fsp3) is 0.143. The van der Waals surface area contributed by atoms with E-state index < -0.39 is 0 Å². The lowest BCUT2D eigenvalue weighted by atomic mass is 10.1. The molecule has 0 fully saturated rings. The highest BCUT2D eigenvalue weighted by Crippen LogP contribution is 2.22. The zero-order chi connectivity index (χ0) is 14.5. The summed E-state index contributed by atoms with van der Waals surface area (Å²) in [6.07, 6.45) is 5.38. The number of nitrogens with zero attached hydrogens (tertiary/aromatic N) is 5. The lowest BCUT2D eigenvalue weighted by Gasteiger charge is -2.08. The molecule has 1 N–H and O–H groups in total. The first-order valence-electron chi connectivity index (χ1n) is 6.37. The smallest absolute Gasteiger partial charge is 0.141 e. The number of imidazole rings is 1. The molecule has 0 radical (unpaired) electrons. The van der Waals surface area contributed by atoms with E-state index in [0.29, 0.717) is 5.56 Å². The van der Waals surface area contributed by atoms with Crippen LogP contribution in [0.2, 0.25) is 0 Å². The van der Waals surface area contributed by atoms with Crippen molar-refractivity contribution in [2.45, 2.75) is 11.6 Å². The fourth-order valence-electron chi connectivity index (χ4n) is 2.02. The van der Waals surface area contributed by atoms with Crippen LogP contribution in [0.4, 0.5) is 0 Å². The van der Waals surface area contributed by atoms with Crippen molar-refractivity contribution in [3.8, 4) is 17.5 Å². The Morgan fingerprint density at radius 2 is 2.24 bits per heavy atom. The molecule has 0 saturated carbocycles. The molecule has 7 heteroatoms. The minimum atomic E-state index is 0.633. The molecule has 0 amide bonds. The minimum absolute atomic E-state index is 0.633. The molecule has 0 aliphatic heterocycles. The molecule has 0 aliphatic carbocycles. The van der Waals surface area contributed by atoms with E-state index in [9.17, 15) is 5.26 Å². The van der Waals surface area contributed by atoms with Crippen LogP contribution in [0.15, 0.2) is 47.9 Å². The molecule has 3 rings (SSSR count). The van der Waals surface area contributed by atoms with Crippen LogP contribution < -0.4 is 0 Å². The van der Waals surface area contributed by atoms with Gasteiger partial charge in [-0.15, -0.1) is 16.9 Å². The maximum Gasteiger partial charge on any atom is 0.141 e. The lowest BCUT2D eigenvalue weighted by molar-refractivity contribution is 0.778. The molecule has 1 aromatic carbocycles. The maximum absolute atomic E-state index is 9.20. The van der Waals surface area contributed by atoms with Crippen molar-refractivity contribution in [2.24, 2.45) is 0 Å². The van der Waals surface area contributed by atoms with E-state index in [1.807, 2.05) is 29.0 Å². The van der Waals surface area contributed by atoms with Gasteiger partial charge >= 0.3 is 0 Å². The number of rotatable bonds is 5. The molecule has 2 aromatic heterocycles. The van der Waals surface area contributed by atoms with Gasteiger partial charge in [-0.2, -0.15) is 15.6 Å². The second-order valence-corrected chi connectivity index (χ2v) is 5.37. The van der Waals surface area contributed by atoms with Gasteiger partial charge in [-0.3, -0.25) is 0 Å². The van der Waals surface area contributed by atoms with Crippen LogP contribution in [-0.4, -0.2) is 30.7 Å². The second-order valence-electron chi connectivity index (χ2n) is 4.26. The highest BCUT2D eigenvalue weighted by atomic mass is 32.2. The summed E-state index contributed by atoms with van der Waals surface area (Å²) in [5.41, 5.74) is 1.49. The third-order valence-electron chi connectivity index (χ3n) is 2.98. The Bertz CT molecular complexity index is 756. The quantitative estimate of drug-likeness (QED) is 0.731. The van der Waals surface area contributed by atoms with E-state index in [4.69, 9.17) is 0 Å². The van der Waals surface area contributed by atoms with Crippen molar-refractivity contribution in [1.29, 1.82) is 5.26 Å².